The molecule has 0 bridgehead atoms. The van der Waals surface area contributed by atoms with Crippen LogP contribution in [0.3, 0.4) is 0 Å². The van der Waals surface area contributed by atoms with E-state index in [9.17, 15) is 19.1 Å². The van der Waals surface area contributed by atoms with Gasteiger partial charge in [-0.25, -0.2) is 4.39 Å². The number of benzene rings is 4. The third kappa shape index (κ3) is 4.80. The zero-order valence-electron chi connectivity index (χ0n) is 23.1. The standard InChI is InChI=1S/C33H22FN3O5S2/c1-41-24-11-5-8-20-16-25(42-30(20)24)28(38)26-27(19-12-14-22(34)15-13-19)37(31(40)29(26)39)32-35-36-33(44-32)43-17-21-9-4-7-18-6-2-3-10-23(18)21/h2-16,27,39H,17H2,1H3. The number of amides is 1. The van der Waals surface area contributed by atoms with Gasteiger partial charge in [0.25, 0.3) is 5.91 Å². The largest absolute Gasteiger partial charge is 0.503 e. The van der Waals surface area contributed by atoms with Crippen LogP contribution < -0.4 is 9.64 Å². The van der Waals surface area contributed by atoms with Gasteiger partial charge in [-0.1, -0.05) is 89.8 Å². The number of rotatable bonds is 8. The first-order valence-electron chi connectivity index (χ1n) is 13.5. The highest BCUT2D eigenvalue weighted by Gasteiger charge is 2.47. The SMILES string of the molecule is COc1cccc2cc(C(=O)C3=C(O)C(=O)N(c4nnc(SCc5cccc6ccccc56)s4)C3c3ccc(F)cc3)oc12. The zero-order valence-corrected chi connectivity index (χ0v) is 24.7. The van der Waals surface area contributed by atoms with Crippen LogP contribution in [-0.2, 0) is 10.5 Å². The van der Waals surface area contributed by atoms with E-state index in [0.29, 0.717) is 32.4 Å². The molecule has 4 aromatic carbocycles. The Morgan fingerprint density at radius 1 is 1.02 bits per heavy atom. The molecule has 1 aliphatic rings. The maximum Gasteiger partial charge on any atom is 0.296 e. The molecule has 44 heavy (non-hydrogen) atoms. The van der Waals surface area contributed by atoms with E-state index in [1.54, 1.807) is 18.2 Å². The summed E-state index contributed by atoms with van der Waals surface area (Å²) >= 11 is 2.63. The Balaban J connectivity index is 1.23. The Kier molecular flexibility index (Phi) is 7.11. The molecule has 2 aromatic heterocycles. The van der Waals surface area contributed by atoms with Gasteiger partial charge < -0.3 is 14.3 Å². The second kappa shape index (κ2) is 11.3. The van der Waals surface area contributed by atoms with E-state index in [2.05, 4.69) is 34.5 Å². The van der Waals surface area contributed by atoms with Gasteiger partial charge in [-0.2, -0.15) is 0 Å². The lowest BCUT2D eigenvalue weighted by Gasteiger charge is -2.23. The average molecular weight is 624 g/mol. The number of aliphatic hydroxyl groups excluding tert-OH is 1. The first-order valence-corrected chi connectivity index (χ1v) is 15.3. The van der Waals surface area contributed by atoms with Crippen LogP contribution in [0.4, 0.5) is 9.52 Å². The van der Waals surface area contributed by atoms with Crippen LogP contribution in [-0.4, -0.2) is 34.1 Å². The molecule has 0 aliphatic carbocycles. The molecule has 3 heterocycles. The lowest BCUT2D eigenvalue weighted by molar-refractivity contribution is -0.117. The number of hydrogen-bond acceptors (Lipinski definition) is 9. The Morgan fingerprint density at radius 2 is 1.77 bits per heavy atom. The average Bonchev–Trinajstić information content (AvgIpc) is 3.76. The molecule has 0 radical (unpaired) electrons. The van der Waals surface area contributed by atoms with Crippen molar-refractivity contribution in [1.29, 1.82) is 0 Å². The number of thioether (sulfide) groups is 1. The highest BCUT2D eigenvalue weighted by Crippen LogP contribution is 2.44. The summed E-state index contributed by atoms with van der Waals surface area (Å²) in [6.07, 6.45) is 0. The molecular formula is C33H22FN3O5S2. The first-order chi connectivity index (χ1) is 21.4. The molecule has 1 atom stereocenters. The van der Waals surface area contributed by atoms with E-state index >= 15 is 0 Å². The van der Waals surface area contributed by atoms with Crippen molar-refractivity contribution in [2.45, 2.75) is 16.1 Å². The summed E-state index contributed by atoms with van der Waals surface area (Å²) in [6, 6.07) is 25.3. The van der Waals surface area contributed by atoms with E-state index in [1.165, 1.54) is 54.1 Å². The quantitative estimate of drug-likeness (QED) is 0.105. The molecule has 0 spiro atoms. The number of aromatic nitrogens is 2. The van der Waals surface area contributed by atoms with Crippen molar-refractivity contribution in [3.63, 3.8) is 0 Å². The Hall–Kier alpha value is -5.00. The van der Waals surface area contributed by atoms with Gasteiger partial charge in [0.2, 0.25) is 10.9 Å². The molecule has 0 saturated carbocycles. The number of Topliss-reactive ketones (excluding diaryl/α,β-unsaturated/α-hetero) is 1. The summed E-state index contributed by atoms with van der Waals surface area (Å²) in [5, 5.41) is 22.8. The molecule has 6 aromatic rings. The fourth-order valence-electron chi connectivity index (χ4n) is 5.35. The van der Waals surface area contributed by atoms with Crippen LogP contribution in [0, 0.1) is 5.82 Å². The number of halogens is 1. The summed E-state index contributed by atoms with van der Waals surface area (Å²) in [6.45, 7) is 0. The number of furan rings is 1. The van der Waals surface area contributed by atoms with Gasteiger partial charge in [-0.05, 0) is 46.2 Å². The van der Waals surface area contributed by atoms with E-state index in [-0.39, 0.29) is 16.5 Å². The van der Waals surface area contributed by atoms with Crippen molar-refractivity contribution in [1.82, 2.24) is 10.2 Å². The zero-order chi connectivity index (χ0) is 30.4. The van der Waals surface area contributed by atoms with E-state index in [0.717, 1.165) is 27.7 Å². The Labute approximate surface area is 258 Å². The minimum Gasteiger partial charge on any atom is -0.503 e. The molecular weight excluding hydrogens is 602 g/mol. The van der Waals surface area contributed by atoms with Crippen LogP contribution >= 0.6 is 23.1 Å². The summed E-state index contributed by atoms with van der Waals surface area (Å²) < 4.78 is 25.7. The molecule has 1 aliphatic heterocycles. The van der Waals surface area contributed by atoms with Crippen LogP contribution in [0.1, 0.15) is 27.7 Å². The number of ketones is 1. The summed E-state index contributed by atoms with van der Waals surface area (Å²) in [7, 11) is 1.49. The monoisotopic (exact) mass is 623 g/mol. The molecule has 218 valence electrons. The van der Waals surface area contributed by atoms with Crippen molar-refractivity contribution in [2.75, 3.05) is 12.0 Å². The molecule has 11 heteroatoms. The normalized spacial score (nSPS) is 15.1. The second-order valence-corrected chi connectivity index (χ2v) is 12.2. The van der Waals surface area contributed by atoms with Crippen LogP contribution in [0.2, 0.25) is 0 Å². The van der Waals surface area contributed by atoms with Gasteiger partial charge in [0.15, 0.2) is 27.2 Å². The third-order valence-electron chi connectivity index (χ3n) is 7.42. The Morgan fingerprint density at radius 3 is 2.59 bits per heavy atom. The Bertz CT molecular complexity index is 2100. The molecule has 0 saturated heterocycles. The molecule has 1 N–H and O–H groups in total. The number of carbonyl (C=O) groups excluding carboxylic acids is 2. The third-order valence-corrected chi connectivity index (χ3v) is 9.53. The topological polar surface area (TPSA) is 106 Å². The fourth-order valence-corrected chi connectivity index (χ4v) is 7.22. The fraction of sp³-hybridized carbons (Fsp3) is 0.0909. The van der Waals surface area contributed by atoms with Crippen molar-refractivity contribution in [3.05, 3.63) is 125 Å². The number of hydrogen-bond donors (Lipinski definition) is 1. The molecule has 7 rings (SSSR count). The number of nitrogens with zero attached hydrogens (tertiary/aromatic N) is 3. The lowest BCUT2D eigenvalue weighted by Crippen LogP contribution is -2.31. The van der Waals surface area contributed by atoms with Gasteiger partial charge in [-0.15, -0.1) is 10.2 Å². The maximum absolute atomic E-state index is 13.9. The van der Waals surface area contributed by atoms with Crippen molar-refractivity contribution in [2.24, 2.45) is 0 Å². The van der Waals surface area contributed by atoms with E-state index in [1.807, 2.05) is 18.2 Å². The number of para-hydroxylation sites is 1. The summed E-state index contributed by atoms with van der Waals surface area (Å²) in [5.41, 5.74) is 1.68. The predicted octanol–water partition coefficient (Wildman–Crippen LogP) is 7.66. The van der Waals surface area contributed by atoms with Crippen molar-refractivity contribution < 1.29 is 28.2 Å². The minimum absolute atomic E-state index is 0.0867. The second-order valence-electron chi connectivity index (χ2n) is 9.99. The lowest BCUT2D eigenvalue weighted by atomic mass is 9.95. The van der Waals surface area contributed by atoms with Crippen molar-refractivity contribution in [3.8, 4) is 5.75 Å². The van der Waals surface area contributed by atoms with Crippen LogP contribution in [0.15, 0.2) is 111 Å². The molecule has 0 fully saturated rings. The number of methoxy groups -OCH3 is 1. The molecule has 8 nitrogen and oxygen atoms in total. The van der Waals surface area contributed by atoms with E-state index in [4.69, 9.17) is 9.15 Å². The molecule has 1 amide bonds. The molecule has 1 unspecified atom stereocenters. The highest BCUT2D eigenvalue weighted by atomic mass is 32.2. The van der Waals surface area contributed by atoms with Crippen LogP contribution in [0.5, 0.6) is 5.75 Å². The number of ether oxygens (including phenoxy) is 1. The van der Waals surface area contributed by atoms with Crippen molar-refractivity contribution >= 4 is 61.7 Å². The summed E-state index contributed by atoms with van der Waals surface area (Å²) in [4.78, 5) is 28.7. The predicted molar refractivity (Wildman–Crippen MR) is 167 cm³/mol. The van der Waals surface area contributed by atoms with Gasteiger partial charge >= 0.3 is 0 Å². The number of carbonyl (C=O) groups is 2. The number of aliphatic hydroxyl groups is 1. The smallest absolute Gasteiger partial charge is 0.296 e. The first kappa shape index (κ1) is 27.8. The summed E-state index contributed by atoms with van der Waals surface area (Å²) in [5.74, 6) is -1.78. The van der Waals surface area contributed by atoms with Gasteiger partial charge in [0, 0.05) is 11.1 Å². The minimum atomic E-state index is -1.10. The van der Waals surface area contributed by atoms with Gasteiger partial charge in [0.05, 0.1) is 18.7 Å². The highest BCUT2D eigenvalue weighted by molar-refractivity contribution is 8.00. The number of anilines is 1. The van der Waals surface area contributed by atoms with Crippen LogP contribution in [0.25, 0.3) is 21.7 Å². The van der Waals surface area contributed by atoms with Gasteiger partial charge in [-0.3, -0.25) is 14.5 Å². The number of fused-ring (bicyclic) bond motifs is 2. The van der Waals surface area contributed by atoms with E-state index < -0.39 is 29.3 Å². The maximum atomic E-state index is 13.9. The van der Waals surface area contributed by atoms with Gasteiger partial charge in [0.1, 0.15) is 5.82 Å².